The van der Waals surface area contributed by atoms with Crippen LogP contribution in [0.2, 0.25) is 0 Å². The van der Waals surface area contributed by atoms with Crippen LogP contribution in [-0.2, 0) is 6.54 Å². The van der Waals surface area contributed by atoms with E-state index in [1.807, 2.05) is 0 Å². The van der Waals surface area contributed by atoms with Gasteiger partial charge in [0.25, 0.3) is 0 Å². The Kier molecular flexibility index (Phi) is 3.49. The van der Waals surface area contributed by atoms with E-state index < -0.39 is 5.43 Å². The van der Waals surface area contributed by atoms with E-state index in [-0.39, 0.29) is 11.8 Å². The largest absolute Gasteiger partial charge is 0.502 e. The Morgan fingerprint density at radius 2 is 2.35 bits per heavy atom. The summed E-state index contributed by atoms with van der Waals surface area (Å²) in [5.74, 6) is 0.772. The number of likely N-dealkylation sites (tertiary alicyclic amines) is 1. The molecule has 2 rings (SSSR count). The van der Waals surface area contributed by atoms with E-state index >= 15 is 0 Å². The highest BCUT2D eigenvalue weighted by Gasteiger charge is 2.22. The molecule has 1 saturated heterocycles. The van der Waals surface area contributed by atoms with Crippen molar-refractivity contribution < 1.29 is 9.52 Å². The third-order valence-electron chi connectivity index (χ3n) is 3.01. The molecule has 2 atom stereocenters. The third kappa shape index (κ3) is 3.08. The molecule has 17 heavy (non-hydrogen) atoms. The van der Waals surface area contributed by atoms with E-state index in [0.717, 1.165) is 25.8 Å². The Labute approximate surface area is 99.8 Å². The van der Waals surface area contributed by atoms with Gasteiger partial charge in [0.15, 0.2) is 5.75 Å². The molecule has 5 heteroatoms. The fourth-order valence-electron chi connectivity index (χ4n) is 2.39. The Morgan fingerprint density at radius 3 is 3.00 bits per heavy atom. The van der Waals surface area contributed by atoms with Crippen LogP contribution in [-0.4, -0.2) is 29.1 Å². The summed E-state index contributed by atoms with van der Waals surface area (Å²) in [5.41, 5.74) is 5.55. The van der Waals surface area contributed by atoms with E-state index in [9.17, 15) is 4.79 Å². The van der Waals surface area contributed by atoms with Crippen LogP contribution in [0.4, 0.5) is 0 Å². The first kappa shape index (κ1) is 12.1. The number of hydrogen-bond donors (Lipinski definition) is 2. The van der Waals surface area contributed by atoms with Crippen molar-refractivity contribution in [2.45, 2.75) is 25.9 Å². The van der Waals surface area contributed by atoms with Gasteiger partial charge in [0.1, 0.15) is 12.0 Å². The Morgan fingerprint density at radius 1 is 1.59 bits per heavy atom. The number of nitrogens with zero attached hydrogens (tertiary/aromatic N) is 1. The van der Waals surface area contributed by atoms with Crippen molar-refractivity contribution in [3.05, 3.63) is 28.3 Å². The average molecular weight is 238 g/mol. The lowest BCUT2D eigenvalue weighted by molar-refractivity contribution is 0.147. The van der Waals surface area contributed by atoms with Gasteiger partial charge in [-0.15, -0.1) is 0 Å². The highest BCUT2D eigenvalue weighted by Crippen LogP contribution is 2.17. The van der Waals surface area contributed by atoms with Crippen molar-refractivity contribution in [1.82, 2.24) is 4.90 Å². The van der Waals surface area contributed by atoms with Gasteiger partial charge in [-0.05, 0) is 12.3 Å². The number of hydrogen-bond acceptors (Lipinski definition) is 5. The summed E-state index contributed by atoms with van der Waals surface area (Å²) in [5, 5.41) is 9.09. The van der Waals surface area contributed by atoms with Gasteiger partial charge in [0.2, 0.25) is 5.43 Å². The Bertz CT molecular complexity index is 434. The van der Waals surface area contributed by atoms with Crippen molar-refractivity contribution >= 4 is 0 Å². The topological polar surface area (TPSA) is 79.7 Å². The van der Waals surface area contributed by atoms with Crippen molar-refractivity contribution in [1.29, 1.82) is 0 Å². The molecule has 0 spiro atoms. The number of rotatable bonds is 2. The summed E-state index contributed by atoms with van der Waals surface area (Å²) in [4.78, 5) is 13.4. The van der Waals surface area contributed by atoms with Gasteiger partial charge in [-0.1, -0.05) is 6.92 Å². The molecular weight excluding hydrogens is 220 g/mol. The Hall–Kier alpha value is -1.33. The molecule has 94 valence electrons. The maximum atomic E-state index is 11.3. The minimum atomic E-state index is -0.402. The van der Waals surface area contributed by atoms with Crippen LogP contribution in [0.15, 0.2) is 21.5 Å². The maximum absolute atomic E-state index is 11.3. The quantitative estimate of drug-likeness (QED) is 0.785. The second-order valence-corrected chi connectivity index (χ2v) is 4.89. The van der Waals surface area contributed by atoms with Crippen LogP contribution in [0.5, 0.6) is 5.75 Å². The van der Waals surface area contributed by atoms with Gasteiger partial charge in [-0.2, -0.15) is 0 Å². The van der Waals surface area contributed by atoms with Gasteiger partial charge in [-0.25, -0.2) is 0 Å². The fraction of sp³-hybridized carbons (Fsp3) is 0.583. The van der Waals surface area contributed by atoms with Crippen LogP contribution in [0, 0.1) is 5.92 Å². The van der Waals surface area contributed by atoms with Gasteiger partial charge in [-0.3, -0.25) is 9.69 Å². The predicted molar refractivity (Wildman–Crippen MR) is 63.7 cm³/mol. The van der Waals surface area contributed by atoms with Crippen LogP contribution >= 0.6 is 0 Å². The van der Waals surface area contributed by atoms with Crippen LogP contribution in [0.25, 0.3) is 0 Å². The highest BCUT2D eigenvalue weighted by molar-refractivity contribution is 5.15. The molecule has 2 heterocycles. The molecule has 3 N–H and O–H groups in total. The summed E-state index contributed by atoms with van der Waals surface area (Å²) in [7, 11) is 0. The maximum Gasteiger partial charge on any atom is 0.226 e. The zero-order chi connectivity index (χ0) is 12.4. The van der Waals surface area contributed by atoms with Crippen molar-refractivity contribution in [2.24, 2.45) is 11.7 Å². The molecule has 1 aliphatic heterocycles. The lowest BCUT2D eigenvalue weighted by Crippen LogP contribution is -2.45. The van der Waals surface area contributed by atoms with E-state index in [0.29, 0.717) is 18.2 Å². The first-order valence-electron chi connectivity index (χ1n) is 5.83. The predicted octanol–water partition coefficient (Wildman–Crippen LogP) is 0.514. The van der Waals surface area contributed by atoms with Crippen molar-refractivity contribution in [3.8, 4) is 5.75 Å². The SMILES string of the molecule is CC1CC(N)CN(Cc2cc(=O)c(O)co2)C1. The molecule has 0 radical (unpaired) electrons. The number of aromatic hydroxyl groups is 1. The van der Waals surface area contributed by atoms with E-state index in [1.165, 1.54) is 6.07 Å². The van der Waals surface area contributed by atoms with Gasteiger partial charge in [0.05, 0.1) is 6.54 Å². The second kappa shape index (κ2) is 4.89. The number of piperidine rings is 1. The fourth-order valence-corrected chi connectivity index (χ4v) is 2.39. The first-order valence-corrected chi connectivity index (χ1v) is 5.83. The highest BCUT2D eigenvalue weighted by atomic mass is 16.4. The molecule has 1 aromatic rings. The van der Waals surface area contributed by atoms with Crippen LogP contribution in [0.1, 0.15) is 19.1 Å². The lowest BCUT2D eigenvalue weighted by Gasteiger charge is -2.34. The summed E-state index contributed by atoms with van der Waals surface area (Å²) < 4.78 is 5.18. The normalized spacial score (nSPS) is 26.0. The molecule has 2 unspecified atom stereocenters. The molecule has 0 saturated carbocycles. The first-order chi connectivity index (χ1) is 8.04. The lowest BCUT2D eigenvalue weighted by atomic mass is 9.96. The van der Waals surface area contributed by atoms with Crippen molar-refractivity contribution in [2.75, 3.05) is 13.1 Å². The second-order valence-electron chi connectivity index (χ2n) is 4.89. The summed E-state index contributed by atoms with van der Waals surface area (Å²) in [6.07, 6.45) is 2.13. The van der Waals surface area contributed by atoms with Gasteiger partial charge >= 0.3 is 0 Å². The van der Waals surface area contributed by atoms with Crippen molar-refractivity contribution in [3.63, 3.8) is 0 Å². The molecular formula is C12H18N2O3. The molecule has 1 fully saturated rings. The minimum Gasteiger partial charge on any atom is -0.502 e. The zero-order valence-corrected chi connectivity index (χ0v) is 9.93. The molecule has 5 nitrogen and oxygen atoms in total. The number of nitrogens with two attached hydrogens (primary N) is 1. The van der Waals surface area contributed by atoms with E-state index in [1.54, 1.807) is 0 Å². The monoisotopic (exact) mass is 238 g/mol. The van der Waals surface area contributed by atoms with Gasteiger partial charge in [0, 0.05) is 25.2 Å². The smallest absolute Gasteiger partial charge is 0.226 e. The molecule has 0 amide bonds. The molecule has 0 aromatic carbocycles. The molecule has 0 bridgehead atoms. The van der Waals surface area contributed by atoms with Gasteiger partial charge < -0.3 is 15.3 Å². The summed E-state index contributed by atoms with van der Waals surface area (Å²) in [6, 6.07) is 1.52. The minimum absolute atomic E-state index is 0.183. The van der Waals surface area contributed by atoms with Crippen LogP contribution < -0.4 is 11.2 Å². The van der Waals surface area contributed by atoms with E-state index in [2.05, 4.69) is 11.8 Å². The third-order valence-corrected chi connectivity index (χ3v) is 3.01. The van der Waals surface area contributed by atoms with E-state index in [4.69, 9.17) is 15.3 Å². The molecule has 0 aliphatic carbocycles. The average Bonchev–Trinajstić information content (AvgIpc) is 2.22. The zero-order valence-electron chi connectivity index (χ0n) is 9.93. The Balaban J connectivity index is 2.05. The summed E-state index contributed by atoms with van der Waals surface area (Å²) >= 11 is 0. The molecule has 1 aromatic heterocycles. The van der Waals surface area contributed by atoms with Crippen LogP contribution in [0.3, 0.4) is 0 Å². The molecule has 1 aliphatic rings. The summed E-state index contributed by atoms with van der Waals surface area (Å²) in [6.45, 7) is 4.50. The standard InChI is InChI=1S/C12H18N2O3/c1-8-2-9(13)5-14(4-8)6-10-3-11(15)12(16)7-17-10/h3,7-9,16H,2,4-6,13H2,1H3.